The summed E-state index contributed by atoms with van der Waals surface area (Å²) in [6.45, 7) is 1.31. The molecule has 4 nitrogen and oxygen atoms in total. The van der Waals surface area contributed by atoms with Gasteiger partial charge in [-0.3, -0.25) is 9.59 Å². The molecule has 1 saturated carbocycles. The van der Waals surface area contributed by atoms with E-state index in [0.717, 1.165) is 30.6 Å². The van der Waals surface area contributed by atoms with Crippen molar-refractivity contribution in [3.05, 3.63) is 22.4 Å². The summed E-state index contributed by atoms with van der Waals surface area (Å²) in [6, 6.07) is 3.76. The average Bonchev–Trinajstić information content (AvgIpc) is 3.11. The molecule has 1 aromatic rings. The molecule has 2 aliphatic rings. The van der Waals surface area contributed by atoms with E-state index in [-0.39, 0.29) is 23.9 Å². The molecule has 24 heavy (non-hydrogen) atoms. The first-order valence-electron chi connectivity index (χ1n) is 9.27. The van der Waals surface area contributed by atoms with E-state index in [4.69, 9.17) is 4.74 Å². The van der Waals surface area contributed by atoms with Crippen LogP contribution in [0.4, 0.5) is 0 Å². The van der Waals surface area contributed by atoms with Gasteiger partial charge in [0.25, 0.3) is 5.91 Å². The molecule has 0 unspecified atom stereocenters. The predicted molar refractivity (Wildman–Crippen MR) is 95.1 cm³/mol. The number of amides is 1. The number of hydrogen-bond donors (Lipinski definition) is 0. The molecule has 1 aliphatic heterocycles. The van der Waals surface area contributed by atoms with Gasteiger partial charge in [-0.1, -0.05) is 25.3 Å². The summed E-state index contributed by atoms with van der Waals surface area (Å²) in [7, 11) is 0. The van der Waals surface area contributed by atoms with Crippen LogP contribution < -0.4 is 0 Å². The van der Waals surface area contributed by atoms with Gasteiger partial charge < -0.3 is 9.64 Å². The lowest BCUT2D eigenvalue weighted by atomic mass is 9.95. The van der Waals surface area contributed by atoms with Crippen molar-refractivity contribution in [1.29, 1.82) is 0 Å². The third-order valence-electron chi connectivity index (χ3n) is 5.18. The second kappa shape index (κ2) is 8.65. The molecule has 0 atom stereocenters. The second-order valence-electron chi connectivity index (χ2n) is 6.95. The Labute approximate surface area is 148 Å². The van der Waals surface area contributed by atoms with Gasteiger partial charge in [0.05, 0.1) is 10.8 Å². The normalized spacial score (nSPS) is 21.1. The van der Waals surface area contributed by atoms with Gasteiger partial charge in [-0.05, 0) is 50.0 Å². The zero-order chi connectivity index (χ0) is 16.8. The van der Waals surface area contributed by atoms with Gasteiger partial charge in [-0.2, -0.15) is 0 Å². The molecule has 2 heterocycles. The average molecular weight is 349 g/mol. The highest BCUT2D eigenvalue weighted by Gasteiger charge is 2.30. The van der Waals surface area contributed by atoms with Gasteiger partial charge in [0.2, 0.25) is 0 Å². The number of nitrogens with zero attached hydrogens (tertiary/aromatic N) is 1. The summed E-state index contributed by atoms with van der Waals surface area (Å²) in [5, 5.41) is 1.92. The summed E-state index contributed by atoms with van der Waals surface area (Å²) >= 11 is 1.48. The lowest BCUT2D eigenvalue weighted by molar-refractivity contribution is -0.156. The number of carbonyl (C=O) groups is 2. The van der Waals surface area contributed by atoms with E-state index in [1.807, 2.05) is 22.4 Å². The number of carbonyl (C=O) groups excluding carboxylic acids is 2. The van der Waals surface area contributed by atoms with Crippen LogP contribution in [0.25, 0.3) is 0 Å². The van der Waals surface area contributed by atoms with Crippen LogP contribution in [0.3, 0.4) is 0 Å². The fourth-order valence-electron chi connectivity index (χ4n) is 3.67. The van der Waals surface area contributed by atoms with E-state index in [1.165, 1.54) is 43.4 Å². The molecule has 1 saturated heterocycles. The summed E-state index contributed by atoms with van der Waals surface area (Å²) in [6.07, 6.45) is 9.78. The van der Waals surface area contributed by atoms with Crippen molar-refractivity contribution in [2.24, 2.45) is 5.92 Å². The SMILES string of the molecule is O=C(OC1CCCCCCC1)C1CCN(C(=O)c2cccs2)CC1. The molecule has 0 N–H and O–H groups in total. The minimum atomic E-state index is -0.0390. The van der Waals surface area contributed by atoms with Gasteiger partial charge in [-0.25, -0.2) is 0 Å². The number of likely N-dealkylation sites (tertiary alicyclic amines) is 1. The van der Waals surface area contributed by atoms with Gasteiger partial charge in [0.1, 0.15) is 6.10 Å². The van der Waals surface area contributed by atoms with E-state index in [0.29, 0.717) is 13.1 Å². The molecule has 1 aliphatic carbocycles. The van der Waals surface area contributed by atoms with E-state index in [9.17, 15) is 9.59 Å². The first-order chi connectivity index (χ1) is 11.7. The highest BCUT2D eigenvalue weighted by molar-refractivity contribution is 7.12. The van der Waals surface area contributed by atoms with Crippen LogP contribution in [0.1, 0.15) is 67.5 Å². The highest BCUT2D eigenvalue weighted by atomic mass is 32.1. The molecular formula is C19H27NO3S. The Balaban J connectivity index is 1.45. The van der Waals surface area contributed by atoms with Gasteiger partial charge in [-0.15, -0.1) is 11.3 Å². The summed E-state index contributed by atoms with van der Waals surface area (Å²) < 4.78 is 5.79. The fourth-order valence-corrected chi connectivity index (χ4v) is 4.36. The number of ether oxygens (including phenoxy) is 1. The van der Waals surface area contributed by atoms with Gasteiger partial charge >= 0.3 is 5.97 Å². The van der Waals surface area contributed by atoms with Crippen LogP contribution in [0.2, 0.25) is 0 Å². The Morgan fingerprint density at radius 1 is 1.00 bits per heavy atom. The molecule has 2 fully saturated rings. The molecule has 0 radical (unpaired) electrons. The summed E-state index contributed by atoms with van der Waals surface area (Å²) in [5.41, 5.74) is 0. The first kappa shape index (κ1) is 17.5. The fraction of sp³-hybridized carbons (Fsp3) is 0.684. The highest BCUT2D eigenvalue weighted by Crippen LogP contribution is 2.25. The predicted octanol–water partition coefficient (Wildman–Crippen LogP) is 4.26. The van der Waals surface area contributed by atoms with Crippen molar-refractivity contribution in [2.45, 2.75) is 63.9 Å². The third-order valence-corrected chi connectivity index (χ3v) is 6.04. The lowest BCUT2D eigenvalue weighted by Crippen LogP contribution is -2.41. The largest absolute Gasteiger partial charge is 0.462 e. The first-order valence-corrected chi connectivity index (χ1v) is 10.2. The maximum Gasteiger partial charge on any atom is 0.309 e. The Bertz CT molecular complexity index is 527. The van der Waals surface area contributed by atoms with Crippen LogP contribution in [-0.4, -0.2) is 36.0 Å². The van der Waals surface area contributed by atoms with Crippen molar-refractivity contribution in [3.8, 4) is 0 Å². The van der Waals surface area contributed by atoms with Crippen molar-refractivity contribution in [1.82, 2.24) is 4.90 Å². The Hall–Kier alpha value is -1.36. The molecule has 0 spiro atoms. The Morgan fingerprint density at radius 2 is 1.67 bits per heavy atom. The summed E-state index contributed by atoms with van der Waals surface area (Å²) in [5.74, 6) is 0.0171. The number of thiophene rings is 1. The molecule has 132 valence electrons. The quantitative estimate of drug-likeness (QED) is 0.766. The van der Waals surface area contributed by atoms with E-state index in [2.05, 4.69) is 0 Å². The van der Waals surface area contributed by atoms with Crippen LogP contribution in [0.5, 0.6) is 0 Å². The summed E-state index contributed by atoms with van der Waals surface area (Å²) in [4.78, 5) is 27.4. The smallest absolute Gasteiger partial charge is 0.309 e. The zero-order valence-electron chi connectivity index (χ0n) is 14.2. The molecule has 3 rings (SSSR count). The molecule has 0 aromatic carbocycles. The van der Waals surface area contributed by atoms with Gasteiger partial charge in [0.15, 0.2) is 0 Å². The third kappa shape index (κ3) is 4.59. The standard InChI is InChI=1S/C19H27NO3S/c21-18(17-9-6-14-24-17)20-12-10-15(11-13-20)19(22)23-16-7-4-2-1-3-5-8-16/h6,9,14-16H,1-5,7-8,10-13H2. The molecular weight excluding hydrogens is 322 g/mol. The van der Waals surface area contributed by atoms with Crippen LogP contribution in [0.15, 0.2) is 17.5 Å². The Morgan fingerprint density at radius 3 is 2.29 bits per heavy atom. The van der Waals surface area contributed by atoms with Gasteiger partial charge in [0, 0.05) is 13.1 Å². The number of piperidine rings is 1. The molecule has 0 bridgehead atoms. The van der Waals surface area contributed by atoms with Crippen LogP contribution in [-0.2, 0) is 9.53 Å². The number of rotatable bonds is 3. The van der Waals surface area contributed by atoms with Crippen molar-refractivity contribution < 1.29 is 14.3 Å². The van der Waals surface area contributed by atoms with Crippen molar-refractivity contribution >= 4 is 23.2 Å². The van der Waals surface area contributed by atoms with Crippen molar-refractivity contribution in [2.75, 3.05) is 13.1 Å². The molecule has 1 amide bonds. The zero-order valence-corrected chi connectivity index (χ0v) is 15.1. The molecule has 5 heteroatoms. The molecule has 1 aromatic heterocycles. The maximum atomic E-state index is 12.4. The Kier molecular flexibility index (Phi) is 6.30. The van der Waals surface area contributed by atoms with E-state index < -0.39 is 0 Å². The van der Waals surface area contributed by atoms with Crippen LogP contribution >= 0.6 is 11.3 Å². The second-order valence-corrected chi connectivity index (χ2v) is 7.90. The topological polar surface area (TPSA) is 46.6 Å². The monoisotopic (exact) mass is 349 g/mol. The minimum Gasteiger partial charge on any atom is -0.462 e. The maximum absolute atomic E-state index is 12.4. The van der Waals surface area contributed by atoms with E-state index >= 15 is 0 Å². The number of esters is 1. The van der Waals surface area contributed by atoms with Crippen LogP contribution in [0, 0.1) is 5.92 Å². The number of hydrogen-bond acceptors (Lipinski definition) is 4. The van der Waals surface area contributed by atoms with Crippen molar-refractivity contribution in [3.63, 3.8) is 0 Å². The lowest BCUT2D eigenvalue weighted by Gasteiger charge is -2.31. The minimum absolute atomic E-state index is 0.0382. The van der Waals surface area contributed by atoms with E-state index in [1.54, 1.807) is 0 Å².